The zero-order chi connectivity index (χ0) is 19.4. The highest BCUT2D eigenvalue weighted by atomic mass is 32.2. The van der Waals surface area contributed by atoms with Crippen molar-refractivity contribution < 1.29 is 13.2 Å². The number of fused-ring (bicyclic) bond motifs is 1. The van der Waals surface area contributed by atoms with Crippen molar-refractivity contribution in [1.82, 2.24) is 4.31 Å². The first-order valence-electron chi connectivity index (χ1n) is 8.75. The van der Waals surface area contributed by atoms with Gasteiger partial charge in [-0.05, 0) is 42.0 Å². The van der Waals surface area contributed by atoms with Gasteiger partial charge in [-0.25, -0.2) is 8.42 Å². The predicted molar refractivity (Wildman–Crippen MR) is 108 cm³/mol. The molecule has 0 aliphatic rings. The number of anilines is 1. The quantitative estimate of drug-likeness (QED) is 0.705. The maximum atomic E-state index is 13.0. The Balaban J connectivity index is 1.79. The molecule has 0 radical (unpaired) electrons. The van der Waals surface area contributed by atoms with E-state index in [-0.39, 0.29) is 23.9 Å². The van der Waals surface area contributed by atoms with E-state index in [1.54, 1.807) is 37.3 Å². The van der Waals surface area contributed by atoms with Gasteiger partial charge in [0.2, 0.25) is 15.9 Å². The average Bonchev–Trinajstić information content (AvgIpc) is 2.67. The summed E-state index contributed by atoms with van der Waals surface area (Å²) in [5.74, 6) is -0.370. The van der Waals surface area contributed by atoms with Crippen LogP contribution in [0.2, 0.25) is 0 Å². The lowest BCUT2D eigenvalue weighted by atomic mass is 10.1. The van der Waals surface area contributed by atoms with Crippen molar-refractivity contribution in [2.75, 3.05) is 18.4 Å². The molecule has 0 saturated carbocycles. The normalized spacial score (nSPS) is 11.7. The van der Waals surface area contributed by atoms with Gasteiger partial charge in [0.05, 0.1) is 11.4 Å². The summed E-state index contributed by atoms with van der Waals surface area (Å²) in [6.45, 7) is 3.65. The first kappa shape index (κ1) is 19.1. The largest absolute Gasteiger partial charge is 0.325 e. The van der Waals surface area contributed by atoms with Crippen LogP contribution in [0.4, 0.5) is 5.69 Å². The summed E-state index contributed by atoms with van der Waals surface area (Å²) < 4.78 is 27.2. The van der Waals surface area contributed by atoms with Crippen LogP contribution in [0.3, 0.4) is 0 Å². The highest BCUT2D eigenvalue weighted by Gasteiger charge is 2.25. The molecule has 0 aromatic heterocycles. The number of carbonyl (C=O) groups is 1. The van der Waals surface area contributed by atoms with Crippen LogP contribution in [0, 0.1) is 6.92 Å². The molecule has 0 aliphatic heterocycles. The number of rotatable bonds is 6. The summed E-state index contributed by atoms with van der Waals surface area (Å²) in [6, 6.07) is 19.9. The molecule has 3 aromatic carbocycles. The van der Waals surface area contributed by atoms with Crippen molar-refractivity contribution in [2.45, 2.75) is 18.7 Å². The molecule has 27 heavy (non-hydrogen) atoms. The molecule has 1 N–H and O–H groups in total. The highest BCUT2D eigenvalue weighted by molar-refractivity contribution is 7.89. The number of benzene rings is 3. The number of likely N-dealkylation sites (N-methyl/N-ethyl adjacent to an activating group) is 1. The molecular formula is C21H22N2O3S. The fourth-order valence-corrected chi connectivity index (χ4v) is 4.28. The maximum absolute atomic E-state index is 13.0. The fraction of sp³-hybridized carbons (Fsp3) is 0.190. The third kappa shape index (κ3) is 4.35. The number of aryl methyl sites for hydroxylation is 1. The molecule has 0 aliphatic carbocycles. The fourth-order valence-electron chi connectivity index (χ4n) is 2.84. The van der Waals surface area contributed by atoms with Crippen LogP contribution in [0.1, 0.15) is 12.5 Å². The molecule has 0 fully saturated rings. The number of hydrogen-bond donors (Lipinski definition) is 1. The van der Waals surface area contributed by atoms with Crippen LogP contribution in [0.15, 0.2) is 71.6 Å². The SMILES string of the molecule is CCN(CC(=O)Nc1ccc(C)cc1)S(=O)(=O)c1ccc2ccccc2c1. The Labute approximate surface area is 159 Å². The van der Waals surface area contributed by atoms with Crippen LogP contribution < -0.4 is 5.32 Å². The summed E-state index contributed by atoms with van der Waals surface area (Å²) in [7, 11) is -3.76. The van der Waals surface area contributed by atoms with Crippen LogP contribution in [-0.4, -0.2) is 31.7 Å². The van der Waals surface area contributed by atoms with Gasteiger partial charge in [-0.15, -0.1) is 0 Å². The van der Waals surface area contributed by atoms with Gasteiger partial charge in [0.25, 0.3) is 0 Å². The van der Waals surface area contributed by atoms with E-state index in [2.05, 4.69) is 5.32 Å². The Morgan fingerprint density at radius 3 is 2.30 bits per heavy atom. The lowest BCUT2D eigenvalue weighted by molar-refractivity contribution is -0.116. The van der Waals surface area contributed by atoms with Gasteiger partial charge in [0, 0.05) is 12.2 Å². The number of carbonyl (C=O) groups excluding carboxylic acids is 1. The van der Waals surface area contributed by atoms with Crippen molar-refractivity contribution in [3.05, 3.63) is 72.3 Å². The van der Waals surface area contributed by atoms with Crippen molar-refractivity contribution in [3.63, 3.8) is 0 Å². The van der Waals surface area contributed by atoms with Gasteiger partial charge in [-0.3, -0.25) is 4.79 Å². The van der Waals surface area contributed by atoms with Crippen LogP contribution in [0.25, 0.3) is 10.8 Å². The smallest absolute Gasteiger partial charge is 0.243 e. The van der Waals surface area contributed by atoms with Gasteiger partial charge in [-0.2, -0.15) is 4.31 Å². The average molecular weight is 382 g/mol. The molecule has 3 aromatic rings. The third-order valence-corrected chi connectivity index (χ3v) is 6.28. The second-order valence-corrected chi connectivity index (χ2v) is 8.29. The third-order valence-electron chi connectivity index (χ3n) is 4.37. The lowest BCUT2D eigenvalue weighted by Gasteiger charge is -2.20. The molecule has 6 heteroatoms. The summed E-state index contributed by atoms with van der Waals surface area (Å²) in [4.78, 5) is 12.5. The Hall–Kier alpha value is -2.70. The van der Waals surface area contributed by atoms with Crippen molar-refractivity contribution >= 4 is 32.4 Å². The minimum Gasteiger partial charge on any atom is -0.325 e. The van der Waals surface area contributed by atoms with E-state index in [0.717, 1.165) is 16.3 Å². The molecule has 3 rings (SSSR count). The summed E-state index contributed by atoms with van der Waals surface area (Å²) in [6.07, 6.45) is 0. The Kier molecular flexibility index (Phi) is 5.58. The predicted octanol–water partition coefficient (Wildman–Crippen LogP) is 3.80. The van der Waals surface area contributed by atoms with E-state index in [0.29, 0.717) is 5.69 Å². The Morgan fingerprint density at radius 2 is 1.63 bits per heavy atom. The minimum absolute atomic E-state index is 0.186. The number of amides is 1. The second-order valence-electron chi connectivity index (χ2n) is 6.35. The number of hydrogen-bond acceptors (Lipinski definition) is 3. The molecule has 0 heterocycles. The minimum atomic E-state index is -3.76. The van der Waals surface area contributed by atoms with E-state index in [1.807, 2.05) is 43.3 Å². The molecule has 0 bridgehead atoms. The standard InChI is InChI=1S/C21H22N2O3S/c1-3-23(15-21(24)22-19-11-8-16(2)9-12-19)27(25,26)20-13-10-17-6-4-5-7-18(17)14-20/h4-14H,3,15H2,1-2H3,(H,22,24). The first-order chi connectivity index (χ1) is 12.9. The van der Waals surface area contributed by atoms with Crippen LogP contribution in [-0.2, 0) is 14.8 Å². The second kappa shape index (κ2) is 7.90. The lowest BCUT2D eigenvalue weighted by Crippen LogP contribution is -2.37. The maximum Gasteiger partial charge on any atom is 0.243 e. The summed E-state index contributed by atoms with van der Waals surface area (Å²) in [5.41, 5.74) is 1.73. The van der Waals surface area contributed by atoms with Gasteiger partial charge < -0.3 is 5.32 Å². The molecule has 0 saturated heterocycles. The number of nitrogens with zero attached hydrogens (tertiary/aromatic N) is 1. The van der Waals surface area contributed by atoms with Gasteiger partial charge in [-0.1, -0.05) is 55.0 Å². The topological polar surface area (TPSA) is 66.5 Å². The molecule has 140 valence electrons. The summed E-state index contributed by atoms with van der Waals surface area (Å²) in [5, 5.41) is 4.56. The monoisotopic (exact) mass is 382 g/mol. The Bertz CT molecular complexity index is 1060. The van der Waals surface area contributed by atoms with Gasteiger partial charge in [0.1, 0.15) is 0 Å². The van der Waals surface area contributed by atoms with E-state index >= 15 is 0 Å². The van der Waals surface area contributed by atoms with E-state index < -0.39 is 10.0 Å². The van der Waals surface area contributed by atoms with E-state index in [9.17, 15) is 13.2 Å². The van der Waals surface area contributed by atoms with Crippen molar-refractivity contribution in [2.24, 2.45) is 0 Å². The highest BCUT2D eigenvalue weighted by Crippen LogP contribution is 2.22. The van der Waals surface area contributed by atoms with E-state index in [4.69, 9.17) is 0 Å². The zero-order valence-electron chi connectivity index (χ0n) is 15.3. The molecule has 0 atom stereocenters. The van der Waals surface area contributed by atoms with Gasteiger partial charge in [0.15, 0.2) is 0 Å². The van der Waals surface area contributed by atoms with Crippen LogP contribution in [0.5, 0.6) is 0 Å². The molecule has 0 unspecified atom stereocenters. The van der Waals surface area contributed by atoms with Crippen molar-refractivity contribution in [3.8, 4) is 0 Å². The summed E-state index contributed by atoms with van der Waals surface area (Å²) >= 11 is 0. The molecule has 5 nitrogen and oxygen atoms in total. The molecule has 0 spiro atoms. The van der Waals surface area contributed by atoms with Crippen LogP contribution >= 0.6 is 0 Å². The first-order valence-corrected chi connectivity index (χ1v) is 10.2. The molecular weight excluding hydrogens is 360 g/mol. The van der Waals surface area contributed by atoms with Crippen molar-refractivity contribution in [1.29, 1.82) is 0 Å². The Morgan fingerprint density at radius 1 is 0.963 bits per heavy atom. The molecule has 1 amide bonds. The van der Waals surface area contributed by atoms with E-state index in [1.165, 1.54) is 4.31 Å². The number of nitrogens with one attached hydrogen (secondary N) is 1. The van der Waals surface area contributed by atoms with Gasteiger partial charge >= 0.3 is 0 Å². The zero-order valence-corrected chi connectivity index (χ0v) is 16.2. The number of sulfonamides is 1.